The van der Waals surface area contributed by atoms with Crippen LogP contribution in [0.3, 0.4) is 0 Å². The van der Waals surface area contributed by atoms with Crippen LogP contribution in [0.15, 0.2) is 18.2 Å². The van der Waals surface area contributed by atoms with Crippen molar-refractivity contribution in [2.75, 3.05) is 0 Å². The Morgan fingerprint density at radius 1 is 1.31 bits per heavy atom. The summed E-state index contributed by atoms with van der Waals surface area (Å²) in [5, 5.41) is 9.77. The highest BCUT2D eigenvalue weighted by Gasteiger charge is 2.22. The molecular formula is C12H19ClFNO. The third-order valence-corrected chi connectivity index (χ3v) is 2.56. The van der Waals surface area contributed by atoms with Gasteiger partial charge < -0.3 is 10.8 Å². The van der Waals surface area contributed by atoms with E-state index in [-0.39, 0.29) is 24.1 Å². The highest BCUT2D eigenvalue weighted by Crippen LogP contribution is 2.22. The summed E-state index contributed by atoms with van der Waals surface area (Å²) < 4.78 is 13.5. The van der Waals surface area contributed by atoms with E-state index in [0.29, 0.717) is 5.56 Å². The van der Waals surface area contributed by atoms with Crippen LogP contribution in [0, 0.1) is 18.7 Å². The van der Waals surface area contributed by atoms with E-state index < -0.39 is 12.1 Å². The minimum atomic E-state index is -0.721. The topological polar surface area (TPSA) is 46.2 Å². The molecular weight excluding hydrogens is 229 g/mol. The molecule has 0 aromatic heterocycles. The lowest BCUT2D eigenvalue weighted by Crippen LogP contribution is -2.31. The van der Waals surface area contributed by atoms with Gasteiger partial charge in [0, 0.05) is 5.56 Å². The second-order valence-corrected chi connectivity index (χ2v) is 4.29. The van der Waals surface area contributed by atoms with Crippen LogP contribution < -0.4 is 5.73 Å². The lowest BCUT2D eigenvalue weighted by molar-refractivity contribution is 0.0966. The normalized spacial score (nSPS) is 14.4. The molecule has 0 spiro atoms. The third kappa shape index (κ3) is 3.44. The van der Waals surface area contributed by atoms with Crippen LogP contribution in [-0.2, 0) is 0 Å². The Kier molecular flexibility index (Phi) is 5.94. The third-order valence-electron chi connectivity index (χ3n) is 2.56. The molecule has 0 amide bonds. The molecule has 0 fully saturated rings. The van der Waals surface area contributed by atoms with Crippen molar-refractivity contribution in [3.8, 4) is 0 Å². The fraction of sp³-hybridized carbons (Fsp3) is 0.500. The minimum Gasteiger partial charge on any atom is -0.391 e. The van der Waals surface area contributed by atoms with Crippen molar-refractivity contribution in [3.63, 3.8) is 0 Å². The summed E-state index contributed by atoms with van der Waals surface area (Å²) in [6.07, 6.45) is -0.721. The summed E-state index contributed by atoms with van der Waals surface area (Å²) in [6.45, 7) is 5.59. The van der Waals surface area contributed by atoms with Crippen LogP contribution in [0.2, 0.25) is 0 Å². The number of nitrogens with two attached hydrogens (primary N) is 1. The molecule has 16 heavy (non-hydrogen) atoms. The summed E-state index contributed by atoms with van der Waals surface area (Å²) >= 11 is 0. The van der Waals surface area contributed by atoms with Crippen molar-refractivity contribution < 1.29 is 9.50 Å². The zero-order valence-corrected chi connectivity index (χ0v) is 10.6. The van der Waals surface area contributed by atoms with Gasteiger partial charge in [0.05, 0.1) is 12.1 Å². The van der Waals surface area contributed by atoms with Crippen LogP contribution in [0.25, 0.3) is 0 Å². The summed E-state index contributed by atoms with van der Waals surface area (Å²) in [5.41, 5.74) is 7.15. The smallest absolute Gasteiger partial charge is 0.128 e. The van der Waals surface area contributed by atoms with E-state index in [0.717, 1.165) is 5.56 Å². The van der Waals surface area contributed by atoms with Crippen molar-refractivity contribution in [2.45, 2.75) is 32.9 Å². The monoisotopic (exact) mass is 247 g/mol. The van der Waals surface area contributed by atoms with Crippen LogP contribution in [0.5, 0.6) is 0 Å². The first-order valence-electron chi connectivity index (χ1n) is 5.13. The summed E-state index contributed by atoms with van der Waals surface area (Å²) in [4.78, 5) is 0. The average Bonchev–Trinajstić information content (AvgIpc) is 2.19. The molecule has 0 saturated carbocycles. The molecule has 0 aliphatic heterocycles. The Bertz CT molecular complexity index is 344. The maximum atomic E-state index is 13.5. The van der Waals surface area contributed by atoms with Gasteiger partial charge in [0.2, 0.25) is 0 Å². The summed E-state index contributed by atoms with van der Waals surface area (Å²) in [7, 11) is 0. The molecule has 0 heterocycles. The first-order chi connectivity index (χ1) is 6.93. The lowest BCUT2D eigenvalue weighted by Gasteiger charge is -2.23. The first-order valence-corrected chi connectivity index (χ1v) is 5.13. The van der Waals surface area contributed by atoms with Gasteiger partial charge in [0.15, 0.2) is 0 Å². The molecule has 1 aromatic rings. The quantitative estimate of drug-likeness (QED) is 0.863. The predicted molar refractivity (Wildman–Crippen MR) is 66.2 cm³/mol. The number of benzene rings is 1. The Labute approximate surface area is 102 Å². The van der Waals surface area contributed by atoms with Gasteiger partial charge in [0.1, 0.15) is 5.82 Å². The van der Waals surface area contributed by atoms with Gasteiger partial charge in [0.25, 0.3) is 0 Å². The molecule has 1 rings (SSSR count). The van der Waals surface area contributed by atoms with Gasteiger partial charge in [-0.3, -0.25) is 0 Å². The Morgan fingerprint density at radius 2 is 1.88 bits per heavy atom. The van der Waals surface area contributed by atoms with Gasteiger partial charge in [-0.1, -0.05) is 31.5 Å². The average molecular weight is 248 g/mol. The number of rotatable bonds is 3. The molecule has 0 radical (unpaired) electrons. The van der Waals surface area contributed by atoms with Gasteiger partial charge >= 0.3 is 0 Å². The minimum absolute atomic E-state index is 0. The summed E-state index contributed by atoms with van der Waals surface area (Å²) in [6, 6.07) is 4.10. The maximum absolute atomic E-state index is 13.5. The van der Waals surface area contributed by atoms with E-state index in [4.69, 9.17) is 5.73 Å². The van der Waals surface area contributed by atoms with Crippen molar-refractivity contribution in [2.24, 2.45) is 11.7 Å². The highest BCUT2D eigenvalue weighted by molar-refractivity contribution is 5.85. The molecule has 0 aliphatic rings. The van der Waals surface area contributed by atoms with Gasteiger partial charge in [-0.2, -0.15) is 0 Å². The van der Waals surface area contributed by atoms with Gasteiger partial charge in [-0.15, -0.1) is 12.4 Å². The van der Waals surface area contributed by atoms with Crippen molar-refractivity contribution in [1.82, 2.24) is 0 Å². The van der Waals surface area contributed by atoms with Crippen molar-refractivity contribution in [1.29, 1.82) is 0 Å². The molecule has 0 aliphatic carbocycles. The zero-order valence-electron chi connectivity index (χ0n) is 9.77. The zero-order chi connectivity index (χ0) is 11.6. The lowest BCUT2D eigenvalue weighted by atomic mass is 9.93. The van der Waals surface area contributed by atoms with E-state index in [1.165, 1.54) is 6.07 Å². The second-order valence-electron chi connectivity index (χ2n) is 4.29. The number of aryl methyl sites for hydroxylation is 1. The molecule has 4 heteroatoms. The van der Waals surface area contributed by atoms with Crippen molar-refractivity contribution >= 4 is 12.4 Å². The standard InChI is InChI=1S/C12H18FNO.ClH/c1-7(2)12(15)11(14)9-6-8(3)4-5-10(9)13;/h4-7,11-12,15H,14H2,1-3H3;1H/t11-,12+;/m1./s1. The van der Waals surface area contributed by atoms with Crippen LogP contribution in [0.1, 0.15) is 31.0 Å². The van der Waals surface area contributed by atoms with Crippen LogP contribution in [-0.4, -0.2) is 11.2 Å². The van der Waals surface area contributed by atoms with E-state index in [2.05, 4.69) is 0 Å². The molecule has 2 nitrogen and oxygen atoms in total. The number of aliphatic hydroxyl groups is 1. The SMILES string of the molecule is Cc1ccc(F)c([C@@H](N)[C@@H](O)C(C)C)c1.Cl. The molecule has 92 valence electrons. The largest absolute Gasteiger partial charge is 0.391 e. The molecule has 1 aromatic carbocycles. The Balaban J connectivity index is 0.00000225. The number of aliphatic hydroxyl groups excluding tert-OH is 1. The van der Waals surface area contributed by atoms with Crippen LogP contribution in [0.4, 0.5) is 4.39 Å². The summed E-state index contributed by atoms with van der Waals surface area (Å²) in [5.74, 6) is -0.340. The predicted octanol–water partition coefficient (Wildman–Crippen LogP) is 2.57. The van der Waals surface area contributed by atoms with Gasteiger partial charge in [-0.25, -0.2) is 4.39 Å². The van der Waals surface area contributed by atoms with Crippen LogP contribution >= 0.6 is 12.4 Å². The highest BCUT2D eigenvalue weighted by atomic mass is 35.5. The molecule has 2 atom stereocenters. The molecule has 0 unspecified atom stereocenters. The fourth-order valence-electron chi connectivity index (χ4n) is 1.52. The number of hydrogen-bond donors (Lipinski definition) is 2. The Hall–Kier alpha value is -0.640. The number of halogens is 2. The van der Waals surface area contributed by atoms with Crippen molar-refractivity contribution in [3.05, 3.63) is 35.1 Å². The molecule has 3 N–H and O–H groups in total. The van der Waals surface area contributed by atoms with E-state index in [9.17, 15) is 9.50 Å². The maximum Gasteiger partial charge on any atom is 0.128 e. The fourth-order valence-corrected chi connectivity index (χ4v) is 1.52. The molecule has 0 bridgehead atoms. The van der Waals surface area contributed by atoms with Gasteiger partial charge in [-0.05, 0) is 18.9 Å². The van der Waals surface area contributed by atoms with E-state index >= 15 is 0 Å². The van der Waals surface area contributed by atoms with E-state index in [1.807, 2.05) is 20.8 Å². The number of hydrogen-bond acceptors (Lipinski definition) is 2. The first kappa shape index (κ1) is 15.4. The Morgan fingerprint density at radius 3 is 2.38 bits per heavy atom. The molecule has 0 saturated heterocycles. The second kappa shape index (κ2) is 6.18. The van der Waals surface area contributed by atoms with E-state index in [1.54, 1.807) is 12.1 Å².